The molecule has 0 bridgehead atoms. The van der Waals surface area contributed by atoms with E-state index in [1.165, 1.54) is 10.7 Å². The fourth-order valence-electron chi connectivity index (χ4n) is 2.61. The van der Waals surface area contributed by atoms with E-state index in [9.17, 15) is 9.59 Å². The van der Waals surface area contributed by atoms with Crippen molar-refractivity contribution >= 4 is 5.91 Å². The highest BCUT2D eigenvalue weighted by atomic mass is 16.2. The Balaban J connectivity index is 2.07. The maximum absolute atomic E-state index is 12.1. The lowest BCUT2D eigenvalue weighted by Gasteiger charge is -2.12. The number of carbonyl (C=O) groups excluding carboxylic acids is 1. The first-order valence-electron chi connectivity index (χ1n) is 7.29. The van der Waals surface area contributed by atoms with Crippen molar-refractivity contribution in [2.75, 3.05) is 5.43 Å². The van der Waals surface area contributed by atoms with Crippen LogP contribution >= 0.6 is 0 Å². The number of hydrogen-bond acceptors (Lipinski definition) is 3. The summed E-state index contributed by atoms with van der Waals surface area (Å²) in [5.41, 5.74) is 7.13. The summed E-state index contributed by atoms with van der Waals surface area (Å²) in [6, 6.07) is 3.36. The van der Waals surface area contributed by atoms with Gasteiger partial charge in [0.05, 0.1) is 5.69 Å². The summed E-state index contributed by atoms with van der Waals surface area (Å²) in [6.45, 7) is 7.58. The van der Waals surface area contributed by atoms with Crippen molar-refractivity contribution in [3.8, 4) is 0 Å². The number of hydrogen-bond donors (Lipinski definition) is 1. The Hall–Kier alpha value is -2.37. The molecule has 2 aromatic heterocycles. The van der Waals surface area contributed by atoms with Crippen LogP contribution in [0.4, 0.5) is 0 Å². The van der Waals surface area contributed by atoms with Crippen molar-refractivity contribution in [2.45, 2.75) is 40.5 Å². The predicted octanol–water partition coefficient (Wildman–Crippen LogP) is 1.52. The Morgan fingerprint density at radius 2 is 1.91 bits per heavy atom. The Morgan fingerprint density at radius 1 is 1.23 bits per heavy atom. The monoisotopic (exact) mass is 302 g/mol. The molecule has 2 rings (SSSR count). The van der Waals surface area contributed by atoms with Crippen LogP contribution in [-0.4, -0.2) is 20.4 Å². The van der Waals surface area contributed by atoms with Crippen LogP contribution in [0.5, 0.6) is 0 Å². The molecule has 2 heterocycles. The van der Waals surface area contributed by atoms with E-state index in [1.807, 2.05) is 38.6 Å². The molecular formula is C16H22N4O2. The summed E-state index contributed by atoms with van der Waals surface area (Å²) in [5.74, 6) is -0.184. The zero-order valence-corrected chi connectivity index (χ0v) is 13.7. The molecule has 0 atom stereocenters. The Morgan fingerprint density at radius 3 is 2.45 bits per heavy atom. The van der Waals surface area contributed by atoms with Gasteiger partial charge in [-0.1, -0.05) is 0 Å². The molecule has 0 saturated carbocycles. The third-order valence-electron chi connectivity index (χ3n) is 3.86. The molecule has 0 aliphatic carbocycles. The van der Waals surface area contributed by atoms with Gasteiger partial charge in [-0.3, -0.25) is 19.7 Å². The number of aryl methyl sites for hydroxylation is 4. The minimum absolute atomic E-state index is 0.184. The second kappa shape index (κ2) is 6.17. The fourth-order valence-corrected chi connectivity index (χ4v) is 2.61. The minimum atomic E-state index is -0.223. The van der Waals surface area contributed by atoms with Gasteiger partial charge in [-0.25, -0.2) is 4.68 Å². The van der Waals surface area contributed by atoms with Crippen LogP contribution in [-0.2, 0) is 18.3 Å². The highest BCUT2D eigenvalue weighted by Gasteiger charge is 2.12. The largest absolute Gasteiger partial charge is 0.273 e. The highest BCUT2D eigenvalue weighted by Crippen LogP contribution is 2.14. The Kier molecular flexibility index (Phi) is 4.49. The van der Waals surface area contributed by atoms with E-state index in [0.717, 1.165) is 22.5 Å². The Labute approximate surface area is 129 Å². The average Bonchev–Trinajstić information content (AvgIpc) is 2.65. The molecule has 6 nitrogen and oxygen atoms in total. The smallest absolute Gasteiger partial charge is 0.269 e. The molecule has 22 heavy (non-hydrogen) atoms. The standard InChI is InChI=1S/C16H22N4O2/c1-10-8-11(2)20(16(22)9-10)18-15(21)7-6-14-12(3)17-19(5)13(14)4/h8-9H,6-7H2,1-5H3,(H,18,21). The van der Waals surface area contributed by atoms with E-state index < -0.39 is 0 Å². The molecule has 0 spiro atoms. The van der Waals surface area contributed by atoms with Gasteiger partial charge < -0.3 is 0 Å². The van der Waals surface area contributed by atoms with E-state index in [0.29, 0.717) is 18.5 Å². The maximum Gasteiger partial charge on any atom is 0.269 e. The first-order valence-corrected chi connectivity index (χ1v) is 7.29. The molecule has 118 valence electrons. The molecule has 2 aromatic rings. The van der Waals surface area contributed by atoms with Gasteiger partial charge in [0.1, 0.15) is 0 Å². The number of carbonyl (C=O) groups is 1. The van der Waals surface area contributed by atoms with Crippen LogP contribution in [0.15, 0.2) is 16.9 Å². The molecular weight excluding hydrogens is 280 g/mol. The lowest BCUT2D eigenvalue weighted by Crippen LogP contribution is -2.34. The van der Waals surface area contributed by atoms with Gasteiger partial charge >= 0.3 is 0 Å². The van der Waals surface area contributed by atoms with Crippen LogP contribution in [0.2, 0.25) is 0 Å². The van der Waals surface area contributed by atoms with Gasteiger partial charge in [-0.15, -0.1) is 0 Å². The lowest BCUT2D eigenvalue weighted by molar-refractivity contribution is -0.117. The minimum Gasteiger partial charge on any atom is -0.273 e. The molecule has 0 radical (unpaired) electrons. The van der Waals surface area contributed by atoms with Crippen molar-refractivity contribution < 1.29 is 4.79 Å². The molecule has 0 unspecified atom stereocenters. The third kappa shape index (κ3) is 3.27. The summed E-state index contributed by atoms with van der Waals surface area (Å²) in [7, 11) is 1.89. The van der Waals surface area contributed by atoms with Crippen molar-refractivity contribution in [1.82, 2.24) is 14.5 Å². The normalized spacial score (nSPS) is 10.8. The summed E-state index contributed by atoms with van der Waals surface area (Å²) in [6.07, 6.45) is 0.921. The predicted molar refractivity (Wildman–Crippen MR) is 85.5 cm³/mol. The highest BCUT2D eigenvalue weighted by molar-refractivity contribution is 5.83. The summed E-state index contributed by atoms with van der Waals surface area (Å²) >= 11 is 0. The third-order valence-corrected chi connectivity index (χ3v) is 3.86. The van der Waals surface area contributed by atoms with E-state index >= 15 is 0 Å². The topological polar surface area (TPSA) is 68.9 Å². The first-order chi connectivity index (χ1) is 10.3. The zero-order chi connectivity index (χ0) is 16.4. The van der Waals surface area contributed by atoms with Gasteiger partial charge in [0, 0.05) is 30.9 Å². The maximum atomic E-state index is 12.1. The Bertz CT molecular complexity index is 771. The van der Waals surface area contributed by atoms with Gasteiger partial charge in [0.2, 0.25) is 5.91 Å². The summed E-state index contributed by atoms with van der Waals surface area (Å²) < 4.78 is 3.11. The van der Waals surface area contributed by atoms with Gasteiger partial charge in [0.25, 0.3) is 5.56 Å². The molecule has 0 fully saturated rings. The molecule has 1 N–H and O–H groups in total. The van der Waals surface area contributed by atoms with Gasteiger partial charge in [0.15, 0.2) is 0 Å². The van der Waals surface area contributed by atoms with Gasteiger partial charge in [-0.05, 0) is 51.3 Å². The van der Waals surface area contributed by atoms with Crippen molar-refractivity contribution in [3.63, 3.8) is 0 Å². The molecule has 6 heteroatoms. The van der Waals surface area contributed by atoms with Crippen LogP contribution in [0.1, 0.15) is 34.6 Å². The van der Waals surface area contributed by atoms with Crippen molar-refractivity contribution in [3.05, 3.63) is 50.7 Å². The van der Waals surface area contributed by atoms with E-state index in [4.69, 9.17) is 0 Å². The zero-order valence-electron chi connectivity index (χ0n) is 13.7. The lowest BCUT2D eigenvalue weighted by atomic mass is 10.1. The van der Waals surface area contributed by atoms with Crippen molar-refractivity contribution in [2.24, 2.45) is 7.05 Å². The SMILES string of the molecule is Cc1cc(C)n(NC(=O)CCc2c(C)nn(C)c2C)c(=O)c1. The van der Waals surface area contributed by atoms with E-state index in [-0.39, 0.29) is 11.5 Å². The fraction of sp³-hybridized carbons (Fsp3) is 0.438. The summed E-state index contributed by atoms with van der Waals surface area (Å²) in [5, 5.41) is 4.34. The van der Waals surface area contributed by atoms with E-state index in [1.54, 1.807) is 6.92 Å². The number of nitrogens with one attached hydrogen (secondary N) is 1. The number of nitrogens with zero attached hydrogens (tertiary/aromatic N) is 3. The molecule has 1 amide bonds. The number of amides is 1. The van der Waals surface area contributed by atoms with Gasteiger partial charge in [-0.2, -0.15) is 5.10 Å². The van der Waals surface area contributed by atoms with Crippen LogP contribution in [0.3, 0.4) is 0 Å². The average molecular weight is 302 g/mol. The van der Waals surface area contributed by atoms with Crippen LogP contribution < -0.4 is 11.0 Å². The number of aromatic nitrogens is 3. The van der Waals surface area contributed by atoms with E-state index in [2.05, 4.69) is 10.5 Å². The van der Waals surface area contributed by atoms with Crippen LogP contribution in [0.25, 0.3) is 0 Å². The molecule has 0 aromatic carbocycles. The second-order valence-corrected chi connectivity index (χ2v) is 5.66. The second-order valence-electron chi connectivity index (χ2n) is 5.66. The number of rotatable bonds is 4. The molecule has 0 aliphatic rings. The quantitative estimate of drug-likeness (QED) is 0.931. The first kappa shape index (κ1) is 16.0. The van der Waals surface area contributed by atoms with Crippen LogP contribution in [0, 0.1) is 27.7 Å². The molecule has 0 aliphatic heterocycles. The molecule has 0 saturated heterocycles. The van der Waals surface area contributed by atoms with Crippen molar-refractivity contribution in [1.29, 1.82) is 0 Å². The summed E-state index contributed by atoms with van der Waals surface area (Å²) in [4.78, 5) is 24.0. The number of pyridine rings is 1.